The van der Waals surface area contributed by atoms with Gasteiger partial charge in [-0.3, -0.25) is 4.79 Å². The average molecular weight is 278 g/mol. The maximum atomic E-state index is 12.4. The normalized spacial score (nSPS) is 18.2. The van der Waals surface area contributed by atoms with Crippen LogP contribution in [0, 0.1) is 0 Å². The van der Waals surface area contributed by atoms with Crippen LogP contribution < -0.4 is 5.32 Å². The number of nitrogens with zero attached hydrogens (tertiary/aromatic N) is 1. The Morgan fingerprint density at radius 2 is 1.76 bits per heavy atom. The summed E-state index contributed by atoms with van der Waals surface area (Å²) in [6, 6.07) is 17.8. The third-order valence-electron chi connectivity index (χ3n) is 3.78. The molecule has 1 atom stereocenters. The van der Waals surface area contributed by atoms with Crippen LogP contribution in [0.25, 0.3) is 6.08 Å². The molecule has 3 nitrogen and oxygen atoms in total. The lowest BCUT2D eigenvalue weighted by atomic mass is 10.0. The molecule has 0 radical (unpaired) electrons. The molecule has 1 unspecified atom stereocenters. The number of benzene rings is 2. The summed E-state index contributed by atoms with van der Waals surface area (Å²) in [7, 11) is 1.83. The van der Waals surface area contributed by atoms with Gasteiger partial charge < -0.3 is 10.2 Å². The van der Waals surface area contributed by atoms with Gasteiger partial charge in [0.05, 0.1) is 5.56 Å². The Bertz CT molecular complexity index is 691. The molecule has 21 heavy (non-hydrogen) atoms. The lowest BCUT2D eigenvalue weighted by molar-refractivity contribution is 0.0757. The zero-order valence-corrected chi connectivity index (χ0v) is 12.2. The van der Waals surface area contributed by atoms with Crippen LogP contribution in [-0.2, 0) is 0 Å². The first-order valence-corrected chi connectivity index (χ1v) is 7.03. The van der Waals surface area contributed by atoms with Crippen molar-refractivity contribution in [2.45, 2.75) is 13.1 Å². The number of amides is 1. The number of nitrogens with one attached hydrogen (secondary N) is 1. The highest BCUT2D eigenvalue weighted by Crippen LogP contribution is 2.27. The molecular weight excluding hydrogens is 260 g/mol. The van der Waals surface area contributed by atoms with E-state index in [2.05, 4.69) is 23.5 Å². The molecule has 0 saturated heterocycles. The van der Waals surface area contributed by atoms with Gasteiger partial charge in [-0.15, -0.1) is 0 Å². The monoisotopic (exact) mass is 278 g/mol. The van der Waals surface area contributed by atoms with Gasteiger partial charge in [-0.25, -0.2) is 0 Å². The maximum Gasteiger partial charge on any atom is 0.257 e. The highest BCUT2D eigenvalue weighted by molar-refractivity contribution is 6.01. The summed E-state index contributed by atoms with van der Waals surface area (Å²) in [5.74, 6) is 0.0511. The van der Waals surface area contributed by atoms with E-state index in [0.717, 1.165) is 22.4 Å². The van der Waals surface area contributed by atoms with Gasteiger partial charge in [-0.2, -0.15) is 0 Å². The molecule has 1 aliphatic heterocycles. The van der Waals surface area contributed by atoms with Gasteiger partial charge in [0, 0.05) is 12.7 Å². The fourth-order valence-corrected chi connectivity index (χ4v) is 2.66. The van der Waals surface area contributed by atoms with E-state index in [1.807, 2.05) is 56.4 Å². The number of carbonyl (C=O) groups is 1. The molecule has 3 rings (SSSR count). The van der Waals surface area contributed by atoms with Crippen LogP contribution in [0.15, 0.2) is 60.2 Å². The van der Waals surface area contributed by atoms with Crippen molar-refractivity contribution in [1.29, 1.82) is 0 Å². The van der Waals surface area contributed by atoms with E-state index >= 15 is 0 Å². The van der Waals surface area contributed by atoms with E-state index in [0.29, 0.717) is 0 Å². The van der Waals surface area contributed by atoms with Gasteiger partial charge in [0.1, 0.15) is 6.17 Å². The van der Waals surface area contributed by atoms with Gasteiger partial charge in [0.2, 0.25) is 0 Å². The molecule has 1 amide bonds. The largest absolute Gasteiger partial charge is 0.361 e. The van der Waals surface area contributed by atoms with E-state index < -0.39 is 0 Å². The molecule has 0 saturated carbocycles. The fraction of sp³-hybridized carbons (Fsp3) is 0.167. The van der Waals surface area contributed by atoms with E-state index in [1.54, 1.807) is 4.90 Å². The minimum absolute atomic E-state index is 0.0511. The Morgan fingerprint density at radius 1 is 1.10 bits per heavy atom. The van der Waals surface area contributed by atoms with Gasteiger partial charge in [0.25, 0.3) is 5.91 Å². The predicted molar refractivity (Wildman–Crippen MR) is 86.0 cm³/mol. The van der Waals surface area contributed by atoms with Crippen molar-refractivity contribution in [2.75, 3.05) is 12.4 Å². The summed E-state index contributed by atoms with van der Waals surface area (Å²) in [5.41, 5.74) is 3.86. The van der Waals surface area contributed by atoms with E-state index in [4.69, 9.17) is 0 Å². The van der Waals surface area contributed by atoms with Crippen LogP contribution in [0.5, 0.6) is 0 Å². The lowest BCUT2D eigenvalue weighted by Crippen LogP contribution is -2.46. The van der Waals surface area contributed by atoms with Gasteiger partial charge in [-0.1, -0.05) is 48.5 Å². The molecular formula is C18H18N2O. The molecule has 0 fully saturated rings. The molecule has 0 spiro atoms. The second-order valence-corrected chi connectivity index (χ2v) is 5.31. The number of rotatable bonds is 2. The number of hydrogen-bond donors (Lipinski definition) is 1. The number of fused-ring (bicyclic) bond motifs is 1. The summed E-state index contributed by atoms with van der Waals surface area (Å²) >= 11 is 0. The van der Waals surface area contributed by atoms with Gasteiger partial charge >= 0.3 is 0 Å². The number of hydrogen-bond acceptors (Lipinski definition) is 2. The summed E-state index contributed by atoms with van der Waals surface area (Å²) in [5, 5.41) is 3.43. The van der Waals surface area contributed by atoms with Gasteiger partial charge in [-0.05, 0) is 30.2 Å². The SMILES string of the molecule is C/C(=C\c1ccccc1)C1Nc2ccccc2C(=O)N1C. The predicted octanol–water partition coefficient (Wildman–Crippen LogP) is 3.61. The molecule has 2 aromatic rings. The quantitative estimate of drug-likeness (QED) is 0.910. The van der Waals surface area contributed by atoms with Gasteiger partial charge in [0.15, 0.2) is 0 Å². The lowest BCUT2D eigenvalue weighted by Gasteiger charge is -2.36. The number of para-hydroxylation sites is 1. The smallest absolute Gasteiger partial charge is 0.257 e. The number of likely N-dealkylation sites (N-methyl/N-ethyl adjacent to an activating group) is 1. The van der Waals surface area contributed by atoms with E-state index in [9.17, 15) is 4.79 Å². The Labute approximate surface area is 124 Å². The molecule has 0 aliphatic carbocycles. The summed E-state index contributed by atoms with van der Waals surface area (Å²) in [6.07, 6.45) is 1.99. The summed E-state index contributed by atoms with van der Waals surface area (Å²) in [6.45, 7) is 2.04. The minimum atomic E-state index is -0.118. The summed E-state index contributed by atoms with van der Waals surface area (Å²) in [4.78, 5) is 14.2. The number of anilines is 1. The Balaban J connectivity index is 1.93. The van der Waals surface area contributed by atoms with Crippen molar-refractivity contribution in [2.24, 2.45) is 0 Å². The molecule has 3 heteroatoms. The summed E-state index contributed by atoms with van der Waals surface area (Å²) < 4.78 is 0. The van der Waals surface area contributed by atoms with Crippen molar-refractivity contribution < 1.29 is 4.79 Å². The van der Waals surface area contributed by atoms with Crippen molar-refractivity contribution in [1.82, 2.24) is 4.90 Å². The van der Waals surface area contributed by atoms with Crippen LogP contribution in [0.4, 0.5) is 5.69 Å². The van der Waals surface area contributed by atoms with Crippen LogP contribution in [0.2, 0.25) is 0 Å². The molecule has 1 N–H and O–H groups in total. The first-order valence-electron chi connectivity index (χ1n) is 7.03. The second-order valence-electron chi connectivity index (χ2n) is 5.31. The van der Waals surface area contributed by atoms with E-state index in [-0.39, 0.29) is 12.1 Å². The highest BCUT2D eigenvalue weighted by atomic mass is 16.2. The third-order valence-corrected chi connectivity index (χ3v) is 3.78. The Kier molecular flexibility index (Phi) is 3.48. The molecule has 2 aromatic carbocycles. The standard InChI is InChI=1S/C18H18N2O/c1-13(12-14-8-4-3-5-9-14)17-19-16-11-7-6-10-15(16)18(21)20(17)2/h3-12,17,19H,1-2H3/b13-12+. The van der Waals surface area contributed by atoms with Crippen molar-refractivity contribution >= 4 is 17.7 Å². The average Bonchev–Trinajstić information content (AvgIpc) is 2.52. The molecule has 106 valence electrons. The fourth-order valence-electron chi connectivity index (χ4n) is 2.66. The minimum Gasteiger partial charge on any atom is -0.361 e. The van der Waals surface area contributed by atoms with Crippen LogP contribution in [0.1, 0.15) is 22.8 Å². The molecule has 0 bridgehead atoms. The molecule has 0 aromatic heterocycles. The number of carbonyl (C=O) groups excluding carboxylic acids is 1. The first-order chi connectivity index (χ1) is 10.2. The van der Waals surface area contributed by atoms with E-state index in [1.165, 1.54) is 0 Å². The zero-order chi connectivity index (χ0) is 14.8. The second kappa shape index (κ2) is 5.44. The van der Waals surface area contributed by atoms with Crippen molar-refractivity contribution in [3.05, 3.63) is 71.3 Å². The Morgan fingerprint density at radius 3 is 2.52 bits per heavy atom. The highest BCUT2D eigenvalue weighted by Gasteiger charge is 2.29. The third kappa shape index (κ3) is 2.55. The van der Waals surface area contributed by atoms with Crippen molar-refractivity contribution in [3.63, 3.8) is 0 Å². The van der Waals surface area contributed by atoms with Crippen LogP contribution in [-0.4, -0.2) is 24.0 Å². The zero-order valence-electron chi connectivity index (χ0n) is 12.2. The van der Waals surface area contributed by atoms with Crippen molar-refractivity contribution in [3.8, 4) is 0 Å². The first kappa shape index (κ1) is 13.4. The molecule has 1 heterocycles. The topological polar surface area (TPSA) is 32.3 Å². The molecule has 1 aliphatic rings. The maximum absolute atomic E-state index is 12.4. The van der Waals surface area contributed by atoms with Crippen LogP contribution >= 0.6 is 0 Å². The van der Waals surface area contributed by atoms with Crippen LogP contribution in [0.3, 0.4) is 0 Å². The Hall–Kier alpha value is -2.55.